The molecule has 3 atom stereocenters. The monoisotopic (exact) mass is 432 g/mol. The van der Waals surface area contributed by atoms with Gasteiger partial charge in [0.05, 0.1) is 18.7 Å². The second-order valence-corrected chi connectivity index (χ2v) is 7.66. The van der Waals surface area contributed by atoms with E-state index >= 15 is 0 Å². The van der Waals surface area contributed by atoms with Gasteiger partial charge in [0.25, 0.3) is 0 Å². The molecule has 9 heteroatoms. The molecule has 2 saturated heterocycles. The Balaban J connectivity index is 1.45. The highest BCUT2D eigenvalue weighted by Crippen LogP contribution is 2.36. The van der Waals surface area contributed by atoms with Crippen LogP contribution in [0.4, 0.5) is 18.4 Å². The van der Waals surface area contributed by atoms with Gasteiger partial charge in [-0.15, -0.1) is 0 Å². The Hall–Kier alpha value is -3.36. The lowest BCUT2D eigenvalue weighted by Crippen LogP contribution is -2.43. The number of carbonyl (C=O) groups excluding carboxylic acids is 1. The van der Waals surface area contributed by atoms with Crippen molar-refractivity contribution >= 4 is 12.2 Å². The Morgan fingerprint density at radius 1 is 1.06 bits per heavy atom. The molecule has 0 radical (unpaired) electrons. The lowest BCUT2D eigenvalue weighted by molar-refractivity contribution is 0.0902. The van der Waals surface area contributed by atoms with Gasteiger partial charge in [0.15, 0.2) is 11.6 Å². The quantitative estimate of drug-likeness (QED) is 0.779. The fourth-order valence-electron chi connectivity index (χ4n) is 4.36. The molecule has 164 valence electrons. The maximum absolute atomic E-state index is 13.4. The third kappa shape index (κ3) is 4.40. The fraction of sp³-hybridized carbons (Fsp3) is 0.364. The van der Waals surface area contributed by atoms with Crippen LogP contribution >= 0.6 is 0 Å². The summed E-state index contributed by atoms with van der Waals surface area (Å²) in [5.74, 6) is -2.20. The summed E-state index contributed by atoms with van der Waals surface area (Å²) in [6.07, 6.45) is -1.08. The van der Waals surface area contributed by atoms with Crippen LogP contribution in [-0.2, 0) is 11.3 Å². The third-order valence-electron chi connectivity index (χ3n) is 5.77. The number of halogens is 2. The Bertz CT molecular complexity index is 958. The molecule has 2 fully saturated rings. The van der Waals surface area contributed by atoms with E-state index in [1.807, 2.05) is 30.3 Å². The van der Waals surface area contributed by atoms with E-state index in [1.54, 1.807) is 4.90 Å². The molecule has 0 aromatic heterocycles. The summed E-state index contributed by atoms with van der Waals surface area (Å²) in [5, 5.41) is 9.57. The zero-order valence-corrected chi connectivity index (χ0v) is 16.6. The van der Waals surface area contributed by atoms with Crippen molar-refractivity contribution in [2.75, 3.05) is 19.7 Å². The predicted molar refractivity (Wildman–Crippen MR) is 106 cm³/mol. The van der Waals surface area contributed by atoms with Crippen molar-refractivity contribution in [2.45, 2.75) is 25.1 Å². The van der Waals surface area contributed by atoms with Gasteiger partial charge in [-0.1, -0.05) is 30.3 Å². The number of amides is 2. The van der Waals surface area contributed by atoms with E-state index in [-0.39, 0.29) is 37.5 Å². The maximum atomic E-state index is 13.4. The normalized spacial score (nSPS) is 22.3. The van der Waals surface area contributed by atoms with Crippen molar-refractivity contribution in [3.63, 3.8) is 0 Å². The van der Waals surface area contributed by atoms with E-state index in [1.165, 1.54) is 11.0 Å². The lowest BCUT2D eigenvalue weighted by atomic mass is 10.0. The molecule has 2 heterocycles. The van der Waals surface area contributed by atoms with Crippen molar-refractivity contribution in [3.05, 3.63) is 65.7 Å². The summed E-state index contributed by atoms with van der Waals surface area (Å²) >= 11 is 0. The van der Waals surface area contributed by atoms with Gasteiger partial charge in [0.2, 0.25) is 0 Å². The number of carboxylic acid groups (broad SMARTS) is 1. The number of likely N-dealkylation sites (tertiary alicyclic amines) is 2. The summed E-state index contributed by atoms with van der Waals surface area (Å²) in [5.41, 5.74) is 0.850. The van der Waals surface area contributed by atoms with Crippen LogP contribution in [0.2, 0.25) is 0 Å². The van der Waals surface area contributed by atoms with Gasteiger partial charge < -0.3 is 24.4 Å². The van der Waals surface area contributed by atoms with Crippen molar-refractivity contribution in [1.82, 2.24) is 9.80 Å². The fourth-order valence-corrected chi connectivity index (χ4v) is 4.36. The highest BCUT2D eigenvalue weighted by molar-refractivity contribution is 5.71. The van der Waals surface area contributed by atoms with E-state index in [2.05, 4.69) is 0 Å². The first kappa shape index (κ1) is 20.9. The van der Waals surface area contributed by atoms with Crippen molar-refractivity contribution in [1.29, 1.82) is 0 Å². The summed E-state index contributed by atoms with van der Waals surface area (Å²) in [6, 6.07) is 11.7. The molecule has 7 nitrogen and oxygen atoms in total. The highest BCUT2D eigenvalue weighted by atomic mass is 19.2. The van der Waals surface area contributed by atoms with E-state index in [0.29, 0.717) is 13.0 Å². The molecular weight excluding hydrogens is 410 g/mol. The summed E-state index contributed by atoms with van der Waals surface area (Å²) in [7, 11) is 0. The minimum absolute atomic E-state index is 0.0541. The molecule has 2 aromatic rings. The second kappa shape index (κ2) is 8.79. The number of hydrogen-bond donors (Lipinski definition) is 1. The van der Waals surface area contributed by atoms with Crippen LogP contribution in [0.25, 0.3) is 0 Å². The SMILES string of the molecule is O=C(OCc1ccccc1)N1CC(COc2ccc(F)c(F)c2)C2C1CCN2C(=O)O. The first-order valence-electron chi connectivity index (χ1n) is 9.99. The maximum Gasteiger partial charge on any atom is 0.410 e. The van der Waals surface area contributed by atoms with Gasteiger partial charge in [-0.3, -0.25) is 0 Å². The number of rotatable bonds is 5. The molecule has 4 rings (SSSR count). The number of carbonyl (C=O) groups is 2. The Kier molecular flexibility index (Phi) is 5.92. The molecule has 0 bridgehead atoms. The topological polar surface area (TPSA) is 79.3 Å². The van der Waals surface area contributed by atoms with Crippen LogP contribution in [0.1, 0.15) is 12.0 Å². The van der Waals surface area contributed by atoms with Gasteiger partial charge in [-0.2, -0.15) is 0 Å². The number of ether oxygens (including phenoxy) is 2. The minimum atomic E-state index is -1.06. The highest BCUT2D eigenvalue weighted by Gasteiger charge is 2.52. The largest absolute Gasteiger partial charge is 0.493 e. The van der Waals surface area contributed by atoms with Crippen LogP contribution in [0.3, 0.4) is 0 Å². The molecular formula is C22H22F2N2O5. The van der Waals surface area contributed by atoms with Gasteiger partial charge in [0.1, 0.15) is 12.4 Å². The zero-order valence-electron chi connectivity index (χ0n) is 16.6. The standard InChI is InChI=1S/C22H22F2N2O5/c23-17-7-6-16(10-18(17)24)30-13-15-11-26(19-8-9-25(20(15)19)21(27)28)22(29)31-12-14-4-2-1-3-5-14/h1-7,10,15,19-20H,8-9,11-13H2,(H,27,28). The van der Waals surface area contributed by atoms with E-state index in [4.69, 9.17) is 9.47 Å². The first-order chi connectivity index (χ1) is 14.9. The molecule has 0 aliphatic carbocycles. The van der Waals surface area contributed by atoms with Crippen molar-refractivity contribution in [3.8, 4) is 5.75 Å². The van der Waals surface area contributed by atoms with E-state index in [0.717, 1.165) is 17.7 Å². The third-order valence-corrected chi connectivity index (χ3v) is 5.77. The van der Waals surface area contributed by atoms with E-state index in [9.17, 15) is 23.5 Å². The first-order valence-corrected chi connectivity index (χ1v) is 9.99. The Morgan fingerprint density at radius 2 is 1.84 bits per heavy atom. The van der Waals surface area contributed by atoms with Gasteiger partial charge in [-0.05, 0) is 24.1 Å². The van der Waals surface area contributed by atoms with Gasteiger partial charge in [0, 0.05) is 25.1 Å². The van der Waals surface area contributed by atoms with Gasteiger partial charge in [-0.25, -0.2) is 18.4 Å². The molecule has 31 heavy (non-hydrogen) atoms. The summed E-state index contributed by atoms with van der Waals surface area (Å²) in [4.78, 5) is 27.3. The number of fused-ring (bicyclic) bond motifs is 1. The smallest absolute Gasteiger partial charge is 0.410 e. The van der Waals surface area contributed by atoms with Crippen LogP contribution in [0.5, 0.6) is 5.75 Å². The average molecular weight is 432 g/mol. The Labute approximate surface area is 177 Å². The van der Waals surface area contributed by atoms with Gasteiger partial charge >= 0.3 is 12.2 Å². The number of hydrogen-bond acceptors (Lipinski definition) is 4. The molecule has 2 aliphatic heterocycles. The van der Waals surface area contributed by atoms with Crippen molar-refractivity contribution < 1.29 is 33.0 Å². The molecule has 2 aromatic carbocycles. The molecule has 0 spiro atoms. The molecule has 3 unspecified atom stereocenters. The average Bonchev–Trinajstić information content (AvgIpc) is 3.34. The lowest BCUT2D eigenvalue weighted by Gasteiger charge is -2.26. The molecule has 2 amide bonds. The molecule has 1 N–H and O–H groups in total. The predicted octanol–water partition coefficient (Wildman–Crippen LogP) is 3.73. The summed E-state index contributed by atoms with van der Waals surface area (Å²) in [6.45, 7) is 0.718. The van der Waals surface area contributed by atoms with Crippen LogP contribution in [0.15, 0.2) is 48.5 Å². The molecule has 0 saturated carbocycles. The summed E-state index contributed by atoms with van der Waals surface area (Å²) < 4.78 is 37.6. The number of benzene rings is 2. The second-order valence-electron chi connectivity index (χ2n) is 7.66. The molecule has 2 aliphatic rings. The zero-order chi connectivity index (χ0) is 22.0. The van der Waals surface area contributed by atoms with E-state index < -0.39 is 29.9 Å². The van der Waals surface area contributed by atoms with Crippen LogP contribution in [-0.4, -0.2) is 58.9 Å². The minimum Gasteiger partial charge on any atom is -0.493 e. The Morgan fingerprint density at radius 3 is 2.55 bits per heavy atom. The van der Waals surface area contributed by atoms with Crippen LogP contribution in [0, 0.1) is 17.6 Å². The van der Waals surface area contributed by atoms with Crippen molar-refractivity contribution in [2.24, 2.45) is 5.92 Å². The number of nitrogens with zero attached hydrogens (tertiary/aromatic N) is 2. The van der Waals surface area contributed by atoms with Crippen LogP contribution < -0.4 is 4.74 Å².